The molecule has 0 saturated carbocycles. The molecule has 0 aromatic heterocycles. The zero-order valence-electron chi connectivity index (χ0n) is 6.31. The molecule has 1 aromatic rings. The summed E-state index contributed by atoms with van der Waals surface area (Å²) in [5.74, 6) is -3.58. The van der Waals surface area contributed by atoms with Crippen LogP contribution < -0.4 is 10.2 Å². The van der Waals surface area contributed by atoms with Crippen molar-refractivity contribution in [2.75, 3.05) is 0 Å². The van der Waals surface area contributed by atoms with Crippen molar-refractivity contribution in [3.05, 3.63) is 29.3 Å². The van der Waals surface area contributed by atoms with Gasteiger partial charge in [-0.25, -0.2) is 4.79 Å². The average molecular weight is 180 g/mol. The fraction of sp³-hybridized carbons (Fsp3) is 0. The van der Waals surface area contributed by atoms with Crippen molar-refractivity contribution in [3.8, 4) is 5.75 Å². The van der Waals surface area contributed by atoms with Gasteiger partial charge < -0.3 is 20.1 Å². The smallest absolute Gasteiger partial charge is 0.335 e. The van der Waals surface area contributed by atoms with Gasteiger partial charge in [0.2, 0.25) is 0 Å². The van der Waals surface area contributed by atoms with E-state index < -0.39 is 23.3 Å². The highest BCUT2D eigenvalue weighted by molar-refractivity contribution is 5.93. The van der Waals surface area contributed by atoms with E-state index in [0.717, 1.165) is 18.2 Å². The number of hydrogen-bond donors (Lipinski definition) is 1. The van der Waals surface area contributed by atoms with Crippen molar-refractivity contribution in [1.82, 2.24) is 0 Å². The van der Waals surface area contributed by atoms with Gasteiger partial charge in [-0.2, -0.15) is 0 Å². The molecule has 1 aromatic carbocycles. The van der Waals surface area contributed by atoms with Crippen LogP contribution in [0, 0.1) is 0 Å². The topological polar surface area (TPSA) is 100 Å². The number of rotatable bonds is 2. The summed E-state index contributed by atoms with van der Waals surface area (Å²) in [5.41, 5.74) is -0.781. The molecule has 0 aliphatic rings. The molecular formula is C8H4O5-2. The average Bonchev–Trinajstić information content (AvgIpc) is 2.03. The molecule has 0 bridgehead atoms. The normalized spacial score (nSPS) is 9.54. The number of benzene rings is 1. The minimum atomic E-state index is -1.57. The number of carbonyl (C=O) groups is 2. The maximum atomic E-state index is 10.8. The highest BCUT2D eigenvalue weighted by atomic mass is 16.4. The van der Waals surface area contributed by atoms with E-state index >= 15 is 0 Å². The van der Waals surface area contributed by atoms with Gasteiger partial charge in [0.1, 0.15) is 0 Å². The molecular weight excluding hydrogens is 176 g/mol. The molecule has 1 N–H and O–H groups in total. The largest absolute Gasteiger partial charge is 0.872 e. The molecule has 5 heteroatoms. The maximum Gasteiger partial charge on any atom is 0.335 e. The van der Waals surface area contributed by atoms with E-state index in [4.69, 9.17) is 5.11 Å². The summed E-state index contributed by atoms with van der Waals surface area (Å²) in [5, 5.41) is 29.5. The SMILES string of the molecule is O=C([O-])c1cc([O-])cc(C(=O)O)c1. The van der Waals surface area contributed by atoms with Crippen LogP contribution >= 0.6 is 0 Å². The summed E-state index contributed by atoms with van der Waals surface area (Å²) in [7, 11) is 0. The highest BCUT2D eigenvalue weighted by Gasteiger charge is 2.03. The molecule has 0 spiro atoms. The lowest BCUT2D eigenvalue weighted by Crippen LogP contribution is -2.22. The minimum absolute atomic E-state index is 0.355. The van der Waals surface area contributed by atoms with Crippen LogP contribution in [-0.4, -0.2) is 17.0 Å². The number of hydrogen-bond acceptors (Lipinski definition) is 4. The second kappa shape index (κ2) is 3.14. The van der Waals surface area contributed by atoms with Gasteiger partial charge in [-0.15, -0.1) is 5.75 Å². The summed E-state index contributed by atoms with van der Waals surface area (Å²) >= 11 is 0. The first-order valence-electron chi connectivity index (χ1n) is 3.27. The van der Waals surface area contributed by atoms with Crippen LogP contribution in [0.15, 0.2) is 18.2 Å². The predicted octanol–water partition coefficient (Wildman–Crippen LogP) is -1.18. The van der Waals surface area contributed by atoms with Crippen molar-refractivity contribution >= 4 is 11.9 Å². The van der Waals surface area contributed by atoms with Crippen LogP contribution in [0.25, 0.3) is 0 Å². The van der Waals surface area contributed by atoms with Crippen molar-refractivity contribution in [1.29, 1.82) is 0 Å². The number of aromatic carboxylic acids is 2. The quantitative estimate of drug-likeness (QED) is 0.617. The molecule has 0 radical (unpaired) electrons. The molecule has 13 heavy (non-hydrogen) atoms. The van der Waals surface area contributed by atoms with Gasteiger partial charge in [-0.05, 0) is 11.6 Å². The molecule has 0 fully saturated rings. The third-order valence-corrected chi connectivity index (χ3v) is 1.39. The van der Waals surface area contributed by atoms with Gasteiger partial charge in [-0.3, -0.25) is 0 Å². The lowest BCUT2D eigenvalue weighted by molar-refractivity contribution is -0.269. The molecule has 0 aliphatic heterocycles. The molecule has 0 amide bonds. The fourth-order valence-electron chi connectivity index (χ4n) is 0.840. The summed E-state index contributed by atoms with van der Waals surface area (Å²) in [4.78, 5) is 20.7. The monoisotopic (exact) mass is 180 g/mol. The Hall–Kier alpha value is -2.04. The lowest BCUT2D eigenvalue weighted by atomic mass is 10.1. The highest BCUT2D eigenvalue weighted by Crippen LogP contribution is 2.12. The Labute approximate surface area is 72.9 Å². The van der Waals surface area contributed by atoms with Crippen LogP contribution in [0.1, 0.15) is 20.7 Å². The van der Waals surface area contributed by atoms with Crippen molar-refractivity contribution in [3.63, 3.8) is 0 Å². The molecule has 5 nitrogen and oxygen atoms in total. The second-order valence-electron chi connectivity index (χ2n) is 2.34. The molecule has 68 valence electrons. The van der Waals surface area contributed by atoms with E-state index in [2.05, 4.69) is 0 Å². The van der Waals surface area contributed by atoms with Crippen molar-refractivity contribution < 1.29 is 24.9 Å². The molecule has 1 rings (SSSR count). The Bertz CT molecular complexity index is 337. The predicted molar refractivity (Wildman–Crippen MR) is 37.2 cm³/mol. The number of carboxylic acids is 2. The Balaban J connectivity index is 3.26. The van der Waals surface area contributed by atoms with Gasteiger partial charge in [-0.1, -0.05) is 12.1 Å². The first-order valence-corrected chi connectivity index (χ1v) is 3.27. The van der Waals surface area contributed by atoms with E-state index in [1.165, 1.54) is 0 Å². The Kier molecular flexibility index (Phi) is 2.19. The van der Waals surface area contributed by atoms with Crippen molar-refractivity contribution in [2.45, 2.75) is 0 Å². The maximum absolute atomic E-state index is 10.8. The number of carbonyl (C=O) groups excluding carboxylic acids is 1. The minimum Gasteiger partial charge on any atom is -0.872 e. The first kappa shape index (κ1) is 9.05. The zero-order valence-corrected chi connectivity index (χ0v) is 6.31. The van der Waals surface area contributed by atoms with Crippen LogP contribution in [0.2, 0.25) is 0 Å². The third kappa shape index (κ3) is 1.96. The zero-order chi connectivity index (χ0) is 10.0. The van der Waals surface area contributed by atoms with E-state index in [0.29, 0.717) is 0 Å². The van der Waals surface area contributed by atoms with Gasteiger partial charge in [0.15, 0.2) is 0 Å². The van der Waals surface area contributed by atoms with E-state index in [-0.39, 0.29) is 5.56 Å². The molecule has 0 heterocycles. The van der Waals surface area contributed by atoms with E-state index in [9.17, 15) is 19.8 Å². The van der Waals surface area contributed by atoms with E-state index in [1.807, 2.05) is 0 Å². The van der Waals surface area contributed by atoms with Gasteiger partial charge in [0.25, 0.3) is 0 Å². The van der Waals surface area contributed by atoms with Crippen LogP contribution in [0.5, 0.6) is 5.75 Å². The Morgan fingerprint density at radius 1 is 1.15 bits per heavy atom. The summed E-state index contributed by atoms with van der Waals surface area (Å²) in [6, 6.07) is 2.52. The molecule has 0 aliphatic carbocycles. The van der Waals surface area contributed by atoms with Crippen LogP contribution in [0.4, 0.5) is 0 Å². The van der Waals surface area contributed by atoms with Gasteiger partial charge >= 0.3 is 5.97 Å². The standard InChI is InChI=1S/C8H6O5/c9-6-2-4(7(10)11)1-5(3-6)8(12)13/h1-3,9H,(H,10,11)(H,12,13)/p-2. The van der Waals surface area contributed by atoms with Crippen LogP contribution in [-0.2, 0) is 0 Å². The Morgan fingerprint density at radius 3 is 2.15 bits per heavy atom. The lowest BCUT2D eigenvalue weighted by Gasteiger charge is -2.10. The van der Waals surface area contributed by atoms with Crippen LogP contribution in [0.3, 0.4) is 0 Å². The van der Waals surface area contributed by atoms with E-state index in [1.54, 1.807) is 0 Å². The second-order valence-corrected chi connectivity index (χ2v) is 2.34. The summed E-state index contributed by atoms with van der Waals surface area (Å²) < 4.78 is 0. The summed E-state index contributed by atoms with van der Waals surface area (Å²) in [6.45, 7) is 0. The molecule has 0 atom stereocenters. The summed E-state index contributed by atoms with van der Waals surface area (Å²) in [6.07, 6.45) is 0. The molecule has 0 unspecified atom stereocenters. The number of carboxylic acid groups (broad SMARTS) is 2. The Morgan fingerprint density at radius 2 is 1.69 bits per heavy atom. The third-order valence-electron chi connectivity index (χ3n) is 1.39. The van der Waals surface area contributed by atoms with Gasteiger partial charge in [0.05, 0.1) is 11.5 Å². The fourth-order valence-corrected chi connectivity index (χ4v) is 0.840. The molecule has 0 saturated heterocycles. The van der Waals surface area contributed by atoms with Crippen molar-refractivity contribution in [2.24, 2.45) is 0 Å². The first-order chi connectivity index (χ1) is 6.00. The van der Waals surface area contributed by atoms with Gasteiger partial charge in [0, 0.05) is 0 Å².